The molecule has 1 aromatic carbocycles. The number of rotatable bonds is 24. The summed E-state index contributed by atoms with van der Waals surface area (Å²) < 4.78 is 38.0. The second-order valence-electron chi connectivity index (χ2n) is 11.3. The molecule has 0 amide bonds. The minimum Gasteiger partial charge on any atom is -0.478 e. The Balaban J connectivity index is 2.29. The van der Waals surface area contributed by atoms with Crippen molar-refractivity contribution in [2.75, 3.05) is 6.61 Å². The summed E-state index contributed by atoms with van der Waals surface area (Å²) in [4.78, 5) is 22.8. The van der Waals surface area contributed by atoms with E-state index in [0.29, 0.717) is 11.8 Å². The van der Waals surface area contributed by atoms with Crippen molar-refractivity contribution in [1.82, 2.24) is 0 Å². The smallest absolute Gasteiger partial charge is 0.339 e. The minimum absolute atomic E-state index is 0.108. The van der Waals surface area contributed by atoms with Gasteiger partial charge >= 0.3 is 11.9 Å². The van der Waals surface area contributed by atoms with Crippen molar-refractivity contribution in [3.63, 3.8) is 0 Å². The molecular weight excluding hydrogens is 528 g/mol. The maximum Gasteiger partial charge on any atom is 0.339 e. The van der Waals surface area contributed by atoms with E-state index in [1.54, 1.807) is 0 Å². The quantitative estimate of drug-likeness (QED) is 0.0708. The molecule has 2 N–H and O–H groups in total. The first-order valence-corrected chi connectivity index (χ1v) is 17.1. The van der Waals surface area contributed by atoms with E-state index in [1.165, 1.54) is 102 Å². The van der Waals surface area contributed by atoms with E-state index < -0.39 is 38.1 Å². The molecule has 0 saturated carbocycles. The third-order valence-electron chi connectivity index (χ3n) is 7.99. The van der Waals surface area contributed by atoms with Crippen LogP contribution in [0.25, 0.3) is 0 Å². The molecule has 1 aromatic rings. The van der Waals surface area contributed by atoms with E-state index in [-0.39, 0.29) is 6.61 Å². The van der Waals surface area contributed by atoms with Crippen molar-refractivity contribution in [3.05, 3.63) is 29.3 Å². The summed E-state index contributed by atoms with van der Waals surface area (Å²) in [6, 6.07) is 3.40. The fraction of sp³-hybridized carbons (Fsp3) is 0.750. The topological polar surface area (TPSA) is 118 Å². The molecule has 1 rings (SSSR count). The van der Waals surface area contributed by atoms with Gasteiger partial charge in [-0.25, -0.2) is 9.59 Å². The highest BCUT2D eigenvalue weighted by Crippen LogP contribution is 2.41. The number of carboxylic acids is 1. The first kappa shape index (κ1) is 36.1. The van der Waals surface area contributed by atoms with Gasteiger partial charge in [0.1, 0.15) is 4.90 Å². The maximum absolute atomic E-state index is 12.4. The Labute approximate surface area is 243 Å². The van der Waals surface area contributed by atoms with E-state index in [4.69, 9.17) is 4.74 Å². The number of carboxylic acid groups (broad SMARTS) is 1. The number of hydrogen-bond donors (Lipinski definition) is 2. The third kappa shape index (κ3) is 13.6. The zero-order valence-corrected chi connectivity index (χ0v) is 26.0. The Morgan fingerprint density at radius 2 is 1.12 bits per heavy atom. The molecule has 0 spiro atoms. The van der Waals surface area contributed by atoms with Crippen molar-refractivity contribution in [2.24, 2.45) is 5.41 Å². The molecule has 230 valence electrons. The molecule has 0 aliphatic rings. The first-order valence-electron chi connectivity index (χ1n) is 15.6. The molecule has 0 aromatic heterocycles. The number of hydrogen-bond acceptors (Lipinski definition) is 5. The number of carbonyl (C=O) groups excluding carboxylic acids is 1. The fourth-order valence-corrected chi connectivity index (χ4v) is 6.49. The van der Waals surface area contributed by atoms with Gasteiger partial charge in [0.2, 0.25) is 0 Å². The van der Waals surface area contributed by atoms with Crippen LogP contribution >= 0.6 is 0 Å². The van der Waals surface area contributed by atoms with Gasteiger partial charge in [0.15, 0.2) is 0 Å². The van der Waals surface area contributed by atoms with Crippen LogP contribution in [0.1, 0.15) is 163 Å². The molecule has 0 unspecified atom stereocenters. The van der Waals surface area contributed by atoms with Crippen LogP contribution in [0.15, 0.2) is 23.1 Å². The van der Waals surface area contributed by atoms with E-state index in [2.05, 4.69) is 20.8 Å². The Morgan fingerprint density at radius 1 is 0.700 bits per heavy atom. The lowest BCUT2D eigenvalue weighted by molar-refractivity contribution is 0.0492. The number of ether oxygens (including phenoxy) is 1. The summed E-state index contributed by atoms with van der Waals surface area (Å²) in [5.74, 6) is -2.51. The monoisotopic (exact) mass is 582 g/mol. The number of aromatic carboxylic acids is 1. The van der Waals surface area contributed by atoms with Gasteiger partial charge in [0.25, 0.3) is 10.1 Å². The van der Waals surface area contributed by atoms with Crippen molar-refractivity contribution >= 4 is 22.1 Å². The average Bonchev–Trinajstić information content (AvgIpc) is 2.93. The lowest BCUT2D eigenvalue weighted by Crippen LogP contribution is -2.21. The van der Waals surface area contributed by atoms with Crippen molar-refractivity contribution in [3.8, 4) is 0 Å². The summed E-state index contributed by atoms with van der Waals surface area (Å²) in [5, 5.41) is 9.20. The second-order valence-corrected chi connectivity index (χ2v) is 12.7. The van der Waals surface area contributed by atoms with Crippen LogP contribution < -0.4 is 0 Å². The Kier molecular flexibility index (Phi) is 18.1. The van der Waals surface area contributed by atoms with Crippen LogP contribution in [-0.2, 0) is 14.9 Å². The SMILES string of the molecule is CCCCC(CCCC)(CCCC)CCCCCCCCCCCOC(=O)c1cccc(C(=O)O)c1S(=O)(=O)O. The number of unbranched alkanes of at least 4 members (excludes halogenated alkanes) is 11. The van der Waals surface area contributed by atoms with Gasteiger partial charge in [-0.3, -0.25) is 4.55 Å². The predicted molar refractivity (Wildman–Crippen MR) is 161 cm³/mol. The fourth-order valence-electron chi connectivity index (χ4n) is 5.63. The van der Waals surface area contributed by atoms with Crippen LogP contribution in [0.4, 0.5) is 0 Å². The summed E-state index contributed by atoms with van der Waals surface area (Å²) in [6.07, 6.45) is 23.6. The van der Waals surface area contributed by atoms with Crippen LogP contribution in [0.5, 0.6) is 0 Å². The number of esters is 1. The molecule has 0 aliphatic heterocycles. The maximum atomic E-state index is 12.4. The molecule has 0 heterocycles. The highest BCUT2D eigenvalue weighted by Gasteiger charge is 2.29. The normalized spacial score (nSPS) is 12.0. The highest BCUT2D eigenvalue weighted by atomic mass is 32.2. The summed E-state index contributed by atoms with van der Waals surface area (Å²) in [7, 11) is -4.91. The van der Waals surface area contributed by atoms with E-state index in [9.17, 15) is 27.7 Å². The summed E-state index contributed by atoms with van der Waals surface area (Å²) in [5.41, 5.74) is -0.570. The van der Waals surface area contributed by atoms with Crippen LogP contribution in [0, 0.1) is 5.41 Å². The standard InChI is InChI=1S/C32H54O7S/c1-4-7-22-32(23-8-5-2,24-9-6-3)25-17-15-13-11-10-12-14-16-18-26-39-31(35)28-21-19-20-27(30(33)34)29(28)40(36,37)38/h19-21H,4-18,22-26H2,1-3H3,(H,33,34)(H,36,37,38). The van der Waals surface area contributed by atoms with Crippen LogP contribution in [0.2, 0.25) is 0 Å². The summed E-state index contributed by atoms with van der Waals surface area (Å²) >= 11 is 0. The molecular formula is C32H54O7S. The number of benzene rings is 1. The summed E-state index contributed by atoms with van der Waals surface area (Å²) in [6.45, 7) is 7.03. The van der Waals surface area contributed by atoms with Gasteiger partial charge in [-0.2, -0.15) is 8.42 Å². The predicted octanol–water partition coefficient (Wildman–Crippen LogP) is 9.25. The van der Waals surface area contributed by atoms with Crippen molar-refractivity contribution in [1.29, 1.82) is 0 Å². The van der Waals surface area contributed by atoms with Crippen molar-refractivity contribution < 1.29 is 32.4 Å². The zero-order chi connectivity index (χ0) is 29.9. The van der Waals surface area contributed by atoms with Gasteiger partial charge < -0.3 is 9.84 Å². The van der Waals surface area contributed by atoms with Gasteiger partial charge in [-0.1, -0.05) is 117 Å². The van der Waals surface area contributed by atoms with Crippen LogP contribution in [-0.4, -0.2) is 36.6 Å². The molecule has 0 radical (unpaired) electrons. The molecule has 0 atom stereocenters. The Bertz CT molecular complexity index is 950. The van der Waals surface area contributed by atoms with E-state index in [1.807, 2.05) is 0 Å². The van der Waals surface area contributed by atoms with Gasteiger partial charge in [-0.05, 0) is 49.7 Å². The average molecular weight is 583 g/mol. The van der Waals surface area contributed by atoms with E-state index >= 15 is 0 Å². The Morgan fingerprint density at radius 3 is 1.57 bits per heavy atom. The second kappa shape index (κ2) is 20.0. The lowest BCUT2D eigenvalue weighted by Gasteiger charge is -2.35. The molecule has 40 heavy (non-hydrogen) atoms. The molecule has 0 bridgehead atoms. The highest BCUT2D eigenvalue weighted by molar-refractivity contribution is 7.86. The van der Waals surface area contributed by atoms with Gasteiger partial charge in [-0.15, -0.1) is 0 Å². The zero-order valence-electron chi connectivity index (χ0n) is 25.2. The molecule has 0 fully saturated rings. The largest absolute Gasteiger partial charge is 0.478 e. The molecule has 7 nitrogen and oxygen atoms in total. The van der Waals surface area contributed by atoms with Gasteiger partial charge in [0.05, 0.1) is 17.7 Å². The van der Waals surface area contributed by atoms with Crippen molar-refractivity contribution in [2.45, 2.75) is 148 Å². The van der Waals surface area contributed by atoms with E-state index in [0.717, 1.165) is 31.4 Å². The molecule has 8 heteroatoms. The Hall–Kier alpha value is -1.93. The minimum atomic E-state index is -4.91. The lowest BCUT2D eigenvalue weighted by atomic mass is 9.71. The van der Waals surface area contributed by atoms with Gasteiger partial charge in [0, 0.05) is 0 Å². The number of carbonyl (C=O) groups is 2. The first-order chi connectivity index (χ1) is 19.1. The molecule has 0 aliphatic carbocycles. The van der Waals surface area contributed by atoms with Crippen LogP contribution in [0.3, 0.4) is 0 Å². The molecule has 0 saturated heterocycles. The third-order valence-corrected chi connectivity index (χ3v) is 8.95.